The first-order chi connectivity index (χ1) is 8.56. The Kier molecular flexibility index (Phi) is 4.86. The van der Waals surface area contributed by atoms with Crippen molar-refractivity contribution in [1.29, 1.82) is 0 Å². The second-order valence-corrected chi connectivity index (χ2v) is 6.27. The standard InChI is InChI=1S/C13H15ClINO2/c14-9-2-4-12(15)11(6-9)13(18)16-7-8-1-3-10(17)5-8/h2,4,6,8,10,17H,1,3,5,7H2,(H,16,18). The number of hydrogen-bond acceptors (Lipinski definition) is 2. The number of carbonyl (C=O) groups is 1. The Hall–Kier alpha value is -0.330. The molecule has 0 aliphatic heterocycles. The molecular formula is C13H15ClINO2. The van der Waals surface area contributed by atoms with E-state index >= 15 is 0 Å². The summed E-state index contributed by atoms with van der Waals surface area (Å²) in [5, 5.41) is 12.9. The fourth-order valence-corrected chi connectivity index (χ4v) is 2.99. The second kappa shape index (κ2) is 6.21. The van der Waals surface area contributed by atoms with Crippen LogP contribution in [0.1, 0.15) is 29.6 Å². The van der Waals surface area contributed by atoms with E-state index in [1.54, 1.807) is 12.1 Å². The molecule has 0 saturated heterocycles. The van der Waals surface area contributed by atoms with Gasteiger partial charge >= 0.3 is 0 Å². The van der Waals surface area contributed by atoms with Gasteiger partial charge in [-0.25, -0.2) is 0 Å². The summed E-state index contributed by atoms with van der Waals surface area (Å²) < 4.78 is 0.890. The number of rotatable bonds is 3. The lowest BCUT2D eigenvalue weighted by Crippen LogP contribution is -2.29. The van der Waals surface area contributed by atoms with Crippen molar-refractivity contribution in [3.63, 3.8) is 0 Å². The van der Waals surface area contributed by atoms with Crippen molar-refractivity contribution in [3.8, 4) is 0 Å². The van der Waals surface area contributed by atoms with Gasteiger partial charge in [-0.05, 0) is 66.0 Å². The molecule has 0 spiro atoms. The summed E-state index contributed by atoms with van der Waals surface area (Å²) in [7, 11) is 0. The van der Waals surface area contributed by atoms with E-state index < -0.39 is 0 Å². The maximum absolute atomic E-state index is 12.0. The van der Waals surface area contributed by atoms with Gasteiger partial charge in [0.05, 0.1) is 11.7 Å². The molecule has 2 N–H and O–H groups in total. The molecule has 1 aliphatic rings. The van der Waals surface area contributed by atoms with Gasteiger partial charge in [0.1, 0.15) is 0 Å². The molecule has 0 aromatic heterocycles. The van der Waals surface area contributed by atoms with Gasteiger partial charge in [-0.1, -0.05) is 11.6 Å². The Morgan fingerprint density at radius 3 is 2.94 bits per heavy atom. The SMILES string of the molecule is O=C(NCC1CCC(O)C1)c1cc(Cl)ccc1I. The number of aliphatic hydroxyl groups is 1. The van der Waals surface area contributed by atoms with E-state index in [1.807, 2.05) is 6.07 Å². The van der Waals surface area contributed by atoms with Gasteiger partial charge in [0.25, 0.3) is 5.91 Å². The Bertz CT molecular complexity index is 453. The highest BCUT2D eigenvalue weighted by molar-refractivity contribution is 14.1. The molecule has 1 aromatic carbocycles. The van der Waals surface area contributed by atoms with Crippen LogP contribution >= 0.6 is 34.2 Å². The predicted octanol–water partition coefficient (Wildman–Crippen LogP) is 2.84. The van der Waals surface area contributed by atoms with Crippen molar-refractivity contribution in [2.45, 2.75) is 25.4 Å². The van der Waals surface area contributed by atoms with Crippen molar-refractivity contribution in [2.24, 2.45) is 5.92 Å². The summed E-state index contributed by atoms with van der Waals surface area (Å²) in [6.07, 6.45) is 2.41. The van der Waals surface area contributed by atoms with Crippen LogP contribution in [0.15, 0.2) is 18.2 Å². The van der Waals surface area contributed by atoms with Gasteiger partial charge in [0.2, 0.25) is 0 Å². The maximum atomic E-state index is 12.0. The highest BCUT2D eigenvalue weighted by atomic mass is 127. The van der Waals surface area contributed by atoms with E-state index in [9.17, 15) is 9.90 Å². The molecule has 3 nitrogen and oxygen atoms in total. The smallest absolute Gasteiger partial charge is 0.252 e. The minimum atomic E-state index is -0.196. The molecule has 2 atom stereocenters. The lowest BCUT2D eigenvalue weighted by Gasteiger charge is -2.11. The molecule has 0 heterocycles. The molecular weight excluding hydrogens is 365 g/mol. The first kappa shape index (κ1) is 14.1. The summed E-state index contributed by atoms with van der Waals surface area (Å²) in [5.41, 5.74) is 0.613. The van der Waals surface area contributed by atoms with E-state index in [2.05, 4.69) is 27.9 Å². The maximum Gasteiger partial charge on any atom is 0.252 e. The monoisotopic (exact) mass is 379 g/mol. The molecule has 1 saturated carbocycles. The second-order valence-electron chi connectivity index (χ2n) is 4.67. The number of benzene rings is 1. The zero-order chi connectivity index (χ0) is 13.1. The normalized spacial score (nSPS) is 23.1. The van der Waals surface area contributed by atoms with Crippen LogP contribution in [0.5, 0.6) is 0 Å². The van der Waals surface area contributed by atoms with Crippen molar-refractivity contribution >= 4 is 40.1 Å². The fourth-order valence-electron chi connectivity index (χ4n) is 2.24. The zero-order valence-corrected chi connectivity index (χ0v) is 12.7. The molecule has 1 amide bonds. The van der Waals surface area contributed by atoms with Crippen LogP contribution in [0.2, 0.25) is 5.02 Å². The number of amides is 1. The van der Waals surface area contributed by atoms with E-state index in [0.29, 0.717) is 23.0 Å². The van der Waals surface area contributed by atoms with E-state index in [0.717, 1.165) is 22.8 Å². The predicted molar refractivity (Wildman–Crippen MR) is 79.9 cm³/mol. The first-order valence-electron chi connectivity index (χ1n) is 5.97. The summed E-state index contributed by atoms with van der Waals surface area (Å²) in [4.78, 5) is 12.0. The Morgan fingerprint density at radius 1 is 1.50 bits per heavy atom. The largest absolute Gasteiger partial charge is 0.393 e. The summed E-state index contributed by atoms with van der Waals surface area (Å²) in [5.74, 6) is 0.295. The van der Waals surface area contributed by atoms with Crippen LogP contribution in [-0.4, -0.2) is 23.7 Å². The quantitative estimate of drug-likeness (QED) is 0.794. The molecule has 0 radical (unpaired) electrons. The van der Waals surface area contributed by atoms with Gasteiger partial charge < -0.3 is 10.4 Å². The van der Waals surface area contributed by atoms with Gasteiger partial charge in [-0.3, -0.25) is 4.79 Å². The van der Waals surface area contributed by atoms with Crippen molar-refractivity contribution in [1.82, 2.24) is 5.32 Å². The Morgan fingerprint density at radius 2 is 2.28 bits per heavy atom. The molecule has 1 fully saturated rings. The minimum absolute atomic E-state index is 0.0942. The molecule has 98 valence electrons. The van der Waals surface area contributed by atoms with Gasteiger partial charge in [-0.15, -0.1) is 0 Å². The minimum Gasteiger partial charge on any atom is -0.393 e. The molecule has 18 heavy (non-hydrogen) atoms. The van der Waals surface area contributed by atoms with E-state index in [1.165, 1.54) is 0 Å². The van der Waals surface area contributed by atoms with Gasteiger partial charge in [0, 0.05) is 15.1 Å². The van der Waals surface area contributed by atoms with Crippen LogP contribution in [0.25, 0.3) is 0 Å². The molecule has 5 heteroatoms. The third-order valence-corrected chi connectivity index (χ3v) is 4.41. The van der Waals surface area contributed by atoms with Crippen LogP contribution in [0, 0.1) is 9.49 Å². The fraction of sp³-hybridized carbons (Fsp3) is 0.462. The molecule has 1 aromatic rings. The number of nitrogens with one attached hydrogen (secondary N) is 1. The van der Waals surface area contributed by atoms with Crippen molar-refractivity contribution in [3.05, 3.63) is 32.4 Å². The van der Waals surface area contributed by atoms with Crippen LogP contribution < -0.4 is 5.32 Å². The average molecular weight is 380 g/mol. The third kappa shape index (κ3) is 3.59. The lowest BCUT2D eigenvalue weighted by molar-refractivity contribution is 0.0944. The van der Waals surface area contributed by atoms with Crippen molar-refractivity contribution < 1.29 is 9.90 Å². The summed E-state index contributed by atoms with van der Waals surface area (Å²) >= 11 is 8.01. The highest BCUT2D eigenvalue weighted by Gasteiger charge is 2.23. The Balaban J connectivity index is 1.93. The zero-order valence-electron chi connectivity index (χ0n) is 9.83. The summed E-state index contributed by atoms with van der Waals surface area (Å²) in [6, 6.07) is 5.28. The third-order valence-electron chi connectivity index (χ3n) is 3.24. The Labute approximate surface area is 125 Å². The topological polar surface area (TPSA) is 49.3 Å². The first-order valence-corrected chi connectivity index (χ1v) is 7.43. The van der Waals surface area contributed by atoms with Gasteiger partial charge in [0.15, 0.2) is 0 Å². The molecule has 0 bridgehead atoms. The average Bonchev–Trinajstić information content (AvgIpc) is 2.75. The molecule has 2 unspecified atom stereocenters. The van der Waals surface area contributed by atoms with Crippen LogP contribution in [0.3, 0.4) is 0 Å². The van der Waals surface area contributed by atoms with Crippen LogP contribution in [-0.2, 0) is 0 Å². The molecule has 1 aliphatic carbocycles. The number of carbonyl (C=O) groups excluding carboxylic acids is 1. The molecule has 2 rings (SSSR count). The van der Waals surface area contributed by atoms with Gasteiger partial charge in [-0.2, -0.15) is 0 Å². The lowest BCUT2D eigenvalue weighted by atomic mass is 10.1. The van der Waals surface area contributed by atoms with Crippen molar-refractivity contribution in [2.75, 3.05) is 6.54 Å². The number of hydrogen-bond donors (Lipinski definition) is 2. The number of aliphatic hydroxyl groups excluding tert-OH is 1. The highest BCUT2D eigenvalue weighted by Crippen LogP contribution is 2.25. The number of halogens is 2. The summed E-state index contributed by atoms with van der Waals surface area (Å²) in [6.45, 7) is 0.623. The van der Waals surface area contributed by atoms with Crippen LogP contribution in [0.4, 0.5) is 0 Å². The van der Waals surface area contributed by atoms with E-state index in [-0.39, 0.29) is 12.0 Å². The van der Waals surface area contributed by atoms with E-state index in [4.69, 9.17) is 11.6 Å².